The zero-order valence-electron chi connectivity index (χ0n) is 12.8. The molecule has 0 fully saturated rings. The maximum atomic E-state index is 12.7. The van der Waals surface area contributed by atoms with Crippen molar-refractivity contribution >= 4 is 11.7 Å². The molecule has 0 saturated heterocycles. The Bertz CT molecular complexity index is 610. The molecule has 0 aromatic heterocycles. The van der Waals surface area contributed by atoms with Gasteiger partial charge in [0.15, 0.2) is 5.54 Å². The van der Waals surface area contributed by atoms with E-state index in [0.29, 0.717) is 13.0 Å². The number of nitrogens with one attached hydrogen (secondary N) is 1. The second kappa shape index (κ2) is 7.46. The summed E-state index contributed by atoms with van der Waals surface area (Å²) in [4.78, 5) is 12.7. The highest BCUT2D eigenvalue weighted by Gasteiger charge is 2.40. The van der Waals surface area contributed by atoms with Gasteiger partial charge < -0.3 is 10.1 Å². The van der Waals surface area contributed by atoms with E-state index in [-0.39, 0.29) is 5.97 Å². The van der Waals surface area contributed by atoms with Crippen molar-refractivity contribution in [3.05, 3.63) is 78.9 Å². The molecule has 1 atom stereocenters. The minimum absolute atomic E-state index is 0.301. The highest BCUT2D eigenvalue weighted by molar-refractivity contribution is 5.86. The van der Waals surface area contributed by atoms with Gasteiger partial charge in [-0.1, -0.05) is 54.6 Å². The molecule has 114 valence electrons. The first kappa shape index (κ1) is 15.8. The normalized spacial score (nSPS) is 13.0. The van der Waals surface area contributed by atoms with Gasteiger partial charge in [-0.05, 0) is 24.6 Å². The van der Waals surface area contributed by atoms with Gasteiger partial charge in [0.25, 0.3) is 0 Å². The van der Waals surface area contributed by atoms with Crippen LogP contribution in [0.5, 0.6) is 0 Å². The molecular formula is C19H21NO2. The lowest BCUT2D eigenvalue weighted by atomic mass is 9.86. The third-order valence-corrected chi connectivity index (χ3v) is 3.47. The second-order valence-electron chi connectivity index (χ2n) is 4.98. The summed E-state index contributed by atoms with van der Waals surface area (Å²) in [5, 5.41) is 3.35. The molecule has 0 aliphatic rings. The number of ether oxygens (including phenoxy) is 1. The highest BCUT2D eigenvalue weighted by atomic mass is 16.5. The van der Waals surface area contributed by atoms with Crippen LogP contribution in [-0.4, -0.2) is 12.6 Å². The Morgan fingerprint density at radius 3 is 2.27 bits per heavy atom. The Morgan fingerprint density at radius 2 is 1.73 bits per heavy atom. The zero-order valence-corrected chi connectivity index (χ0v) is 12.8. The van der Waals surface area contributed by atoms with E-state index in [1.165, 1.54) is 0 Å². The first-order chi connectivity index (χ1) is 10.7. The van der Waals surface area contributed by atoms with E-state index in [2.05, 4.69) is 11.9 Å². The number of benzene rings is 2. The molecule has 0 aliphatic heterocycles. The molecule has 0 heterocycles. The van der Waals surface area contributed by atoms with E-state index in [9.17, 15) is 4.79 Å². The van der Waals surface area contributed by atoms with E-state index >= 15 is 0 Å². The van der Waals surface area contributed by atoms with Crippen LogP contribution in [-0.2, 0) is 15.1 Å². The fraction of sp³-hybridized carbons (Fsp3) is 0.211. The second-order valence-corrected chi connectivity index (χ2v) is 4.98. The maximum absolute atomic E-state index is 12.7. The molecule has 2 aromatic rings. The third kappa shape index (κ3) is 3.37. The van der Waals surface area contributed by atoms with Gasteiger partial charge in [0, 0.05) is 12.1 Å². The van der Waals surface area contributed by atoms with Gasteiger partial charge in [-0.3, -0.25) is 0 Å². The van der Waals surface area contributed by atoms with Crippen molar-refractivity contribution in [2.75, 3.05) is 11.9 Å². The molecule has 0 amide bonds. The van der Waals surface area contributed by atoms with Gasteiger partial charge in [-0.15, -0.1) is 6.58 Å². The molecule has 2 rings (SSSR count). The fourth-order valence-electron chi connectivity index (χ4n) is 2.45. The molecule has 0 spiro atoms. The number of para-hydroxylation sites is 1. The van der Waals surface area contributed by atoms with E-state index in [1.54, 1.807) is 6.08 Å². The molecule has 3 nitrogen and oxygen atoms in total. The minimum atomic E-state index is -0.972. The summed E-state index contributed by atoms with van der Waals surface area (Å²) in [6.45, 7) is 5.95. The zero-order chi connectivity index (χ0) is 15.8. The molecule has 1 N–H and O–H groups in total. The van der Waals surface area contributed by atoms with Gasteiger partial charge in [-0.25, -0.2) is 4.79 Å². The van der Waals surface area contributed by atoms with Crippen LogP contribution in [0.4, 0.5) is 5.69 Å². The van der Waals surface area contributed by atoms with Crippen molar-refractivity contribution in [1.82, 2.24) is 0 Å². The van der Waals surface area contributed by atoms with Gasteiger partial charge >= 0.3 is 5.97 Å². The van der Waals surface area contributed by atoms with Gasteiger partial charge in [-0.2, -0.15) is 0 Å². The summed E-state index contributed by atoms with van der Waals surface area (Å²) in [5.74, 6) is -0.301. The van der Waals surface area contributed by atoms with Crippen LogP contribution in [0.25, 0.3) is 0 Å². The molecule has 2 aromatic carbocycles. The Labute approximate surface area is 131 Å². The number of anilines is 1. The monoisotopic (exact) mass is 295 g/mol. The van der Waals surface area contributed by atoms with E-state index in [0.717, 1.165) is 11.3 Å². The van der Waals surface area contributed by atoms with Crippen molar-refractivity contribution in [1.29, 1.82) is 0 Å². The summed E-state index contributed by atoms with van der Waals surface area (Å²) >= 11 is 0. The van der Waals surface area contributed by atoms with E-state index in [4.69, 9.17) is 4.74 Å². The summed E-state index contributed by atoms with van der Waals surface area (Å²) < 4.78 is 5.34. The standard InChI is InChI=1S/C19H21NO2/c1-3-15-19(18(21)22-4-2,16-11-7-5-8-12-16)20-17-13-9-6-10-14-17/h3,5-14,20H,1,4,15H2,2H3. The van der Waals surface area contributed by atoms with Crippen LogP contribution in [0.15, 0.2) is 73.3 Å². The quantitative estimate of drug-likeness (QED) is 0.616. The summed E-state index contributed by atoms with van der Waals surface area (Å²) in [6, 6.07) is 19.3. The Kier molecular flexibility index (Phi) is 5.37. The largest absolute Gasteiger partial charge is 0.464 e. The van der Waals surface area contributed by atoms with Gasteiger partial charge in [0.2, 0.25) is 0 Å². The Morgan fingerprint density at radius 1 is 1.14 bits per heavy atom. The molecule has 3 heteroatoms. The number of hydrogen-bond acceptors (Lipinski definition) is 3. The lowest BCUT2D eigenvalue weighted by Crippen LogP contribution is -2.44. The average Bonchev–Trinajstić information content (AvgIpc) is 2.56. The molecule has 1 unspecified atom stereocenters. The SMILES string of the molecule is C=CCC(Nc1ccccc1)(C(=O)OCC)c1ccccc1. The van der Waals surface area contributed by atoms with E-state index in [1.807, 2.05) is 67.6 Å². The van der Waals surface area contributed by atoms with Gasteiger partial charge in [0.1, 0.15) is 0 Å². The van der Waals surface area contributed by atoms with E-state index < -0.39 is 5.54 Å². The first-order valence-corrected chi connectivity index (χ1v) is 7.40. The molecule has 0 saturated carbocycles. The summed E-state index contributed by atoms with van der Waals surface area (Å²) in [5.41, 5.74) is 0.749. The van der Waals surface area contributed by atoms with Crippen LogP contribution >= 0.6 is 0 Å². The lowest BCUT2D eigenvalue weighted by Gasteiger charge is -2.33. The highest BCUT2D eigenvalue weighted by Crippen LogP contribution is 2.32. The van der Waals surface area contributed by atoms with Crippen LogP contribution in [0, 0.1) is 0 Å². The maximum Gasteiger partial charge on any atom is 0.336 e. The summed E-state index contributed by atoms with van der Waals surface area (Å²) in [6.07, 6.45) is 2.17. The number of carbonyl (C=O) groups excluding carboxylic acids is 1. The molecule has 0 radical (unpaired) electrons. The minimum Gasteiger partial charge on any atom is -0.464 e. The Hall–Kier alpha value is -2.55. The number of carbonyl (C=O) groups is 1. The van der Waals surface area contributed by atoms with Crippen molar-refractivity contribution in [3.63, 3.8) is 0 Å². The fourth-order valence-corrected chi connectivity index (χ4v) is 2.45. The molecule has 0 aliphatic carbocycles. The molecular weight excluding hydrogens is 274 g/mol. The topological polar surface area (TPSA) is 38.3 Å². The van der Waals surface area contributed by atoms with Crippen LogP contribution < -0.4 is 5.32 Å². The van der Waals surface area contributed by atoms with Crippen molar-refractivity contribution in [2.24, 2.45) is 0 Å². The number of rotatable bonds is 7. The predicted molar refractivity (Wildman–Crippen MR) is 89.6 cm³/mol. The van der Waals surface area contributed by atoms with Crippen molar-refractivity contribution in [2.45, 2.75) is 18.9 Å². The molecule has 22 heavy (non-hydrogen) atoms. The van der Waals surface area contributed by atoms with Crippen molar-refractivity contribution in [3.8, 4) is 0 Å². The van der Waals surface area contributed by atoms with Crippen molar-refractivity contribution < 1.29 is 9.53 Å². The van der Waals surface area contributed by atoms with Crippen LogP contribution in [0.3, 0.4) is 0 Å². The summed E-state index contributed by atoms with van der Waals surface area (Å²) in [7, 11) is 0. The number of hydrogen-bond donors (Lipinski definition) is 1. The Balaban J connectivity index is 2.49. The van der Waals surface area contributed by atoms with Crippen LogP contribution in [0.2, 0.25) is 0 Å². The molecule has 0 bridgehead atoms. The van der Waals surface area contributed by atoms with Crippen LogP contribution in [0.1, 0.15) is 18.9 Å². The lowest BCUT2D eigenvalue weighted by molar-refractivity contribution is -0.149. The van der Waals surface area contributed by atoms with Gasteiger partial charge in [0.05, 0.1) is 6.61 Å². The number of esters is 1. The first-order valence-electron chi connectivity index (χ1n) is 7.40. The average molecular weight is 295 g/mol. The smallest absolute Gasteiger partial charge is 0.336 e. The predicted octanol–water partition coefficient (Wildman–Crippen LogP) is 4.13. The third-order valence-electron chi connectivity index (χ3n) is 3.47.